The number of carbonyl (C=O) groups excluding carboxylic acids is 1. The molecule has 2 N–H and O–H groups in total. The molecule has 20 heavy (non-hydrogen) atoms. The van der Waals surface area contributed by atoms with Crippen LogP contribution in [0.5, 0.6) is 0 Å². The van der Waals surface area contributed by atoms with Crippen molar-refractivity contribution in [1.29, 1.82) is 0 Å². The molecule has 6 heteroatoms. The van der Waals surface area contributed by atoms with Gasteiger partial charge in [-0.25, -0.2) is 4.79 Å². The van der Waals surface area contributed by atoms with Crippen LogP contribution in [-0.4, -0.2) is 65.2 Å². The molecule has 0 aromatic heterocycles. The number of hydrogen-bond acceptors (Lipinski definition) is 3. The number of carboxylic acid groups (broad SMARTS) is 1. The molecule has 0 saturated carbocycles. The molecule has 0 spiro atoms. The Morgan fingerprint density at radius 3 is 2.85 bits per heavy atom. The summed E-state index contributed by atoms with van der Waals surface area (Å²) in [4.78, 5) is 26.9. The van der Waals surface area contributed by atoms with Gasteiger partial charge in [-0.2, -0.15) is 0 Å². The minimum atomic E-state index is -0.959. The van der Waals surface area contributed by atoms with Crippen molar-refractivity contribution in [2.45, 2.75) is 51.1 Å². The summed E-state index contributed by atoms with van der Waals surface area (Å²) in [5.41, 5.74) is 0. The molecular formula is C14H25N3O3. The lowest BCUT2D eigenvalue weighted by atomic mass is 9.98. The summed E-state index contributed by atoms with van der Waals surface area (Å²) >= 11 is 0. The topological polar surface area (TPSA) is 72.9 Å². The Bertz CT molecular complexity index is 362. The van der Waals surface area contributed by atoms with Gasteiger partial charge in [0.15, 0.2) is 0 Å². The van der Waals surface area contributed by atoms with Crippen LogP contribution < -0.4 is 5.32 Å². The number of aliphatic carboxylic acids is 1. The predicted molar refractivity (Wildman–Crippen MR) is 75.6 cm³/mol. The largest absolute Gasteiger partial charge is 0.480 e. The lowest BCUT2D eigenvalue weighted by molar-refractivity contribution is -0.137. The van der Waals surface area contributed by atoms with E-state index in [0.29, 0.717) is 12.6 Å². The van der Waals surface area contributed by atoms with Crippen molar-refractivity contribution in [2.75, 3.05) is 26.2 Å². The van der Waals surface area contributed by atoms with Crippen LogP contribution in [-0.2, 0) is 4.79 Å². The SMILES string of the molecule is CCCN(CC(=O)O)C(=O)NC1CCN2CCCC2C1. The third kappa shape index (κ3) is 3.85. The van der Waals surface area contributed by atoms with Crippen LogP contribution in [0.2, 0.25) is 0 Å². The van der Waals surface area contributed by atoms with Gasteiger partial charge in [0, 0.05) is 25.2 Å². The minimum Gasteiger partial charge on any atom is -0.480 e. The van der Waals surface area contributed by atoms with Crippen molar-refractivity contribution in [3.8, 4) is 0 Å². The fourth-order valence-electron chi connectivity index (χ4n) is 3.31. The number of nitrogens with zero attached hydrogens (tertiary/aromatic N) is 2. The highest BCUT2D eigenvalue weighted by molar-refractivity contribution is 5.80. The van der Waals surface area contributed by atoms with Crippen molar-refractivity contribution < 1.29 is 14.7 Å². The van der Waals surface area contributed by atoms with Gasteiger partial charge in [-0.1, -0.05) is 6.92 Å². The van der Waals surface area contributed by atoms with E-state index in [1.807, 2.05) is 6.92 Å². The van der Waals surface area contributed by atoms with Crippen molar-refractivity contribution in [2.24, 2.45) is 0 Å². The van der Waals surface area contributed by atoms with Gasteiger partial charge in [0.05, 0.1) is 0 Å². The smallest absolute Gasteiger partial charge is 0.323 e. The fourth-order valence-corrected chi connectivity index (χ4v) is 3.31. The Balaban J connectivity index is 1.84. The van der Waals surface area contributed by atoms with E-state index in [9.17, 15) is 9.59 Å². The monoisotopic (exact) mass is 283 g/mol. The second-order valence-electron chi connectivity index (χ2n) is 5.82. The summed E-state index contributed by atoms with van der Waals surface area (Å²) < 4.78 is 0. The van der Waals surface area contributed by atoms with Gasteiger partial charge in [0.2, 0.25) is 0 Å². The van der Waals surface area contributed by atoms with Crippen LogP contribution in [0.3, 0.4) is 0 Å². The molecule has 0 aromatic rings. The van der Waals surface area contributed by atoms with Crippen molar-refractivity contribution in [3.05, 3.63) is 0 Å². The van der Waals surface area contributed by atoms with E-state index in [-0.39, 0.29) is 18.6 Å². The number of nitrogens with one attached hydrogen (secondary N) is 1. The van der Waals surface area contributed by atoms with Crippen molar-refractivity contribution in [1.82, 2.24) is 15.1 Å². The highest BCUT2D eigenvalue weighted by atomic mass is 16.4. The zero-order chi connectivity index (χ0) is 14.5. The van der Waals surface area contributed by atoms with Crippen LogP contribution in [0.15, 0.2) is 0 Å². The Morgan fingerprint density at radius 1 is 1.35 bits per heavy atom. The molecule has 2 aliphatic rings. The minimum absolute atomic E-state index is 0.190. The van der Waals surface area contributed by atoms with E-state index in [1.54, 1.807) is 0 Å². The Hall–Kier alpha value is -1.30. The number of carbonyl (C=O) groups is 2. The second-order valence-corrected chi connectivity index (χ2v) is 5.82. The van der Waals surface area contributed by atoms with E-state index >= 15 is 0 Å². The number of amides is 2. The molecule has 0 aliphatic carbocycles. The molecule has 2 atom stereocenters. The summed E-state index contributed by atoms with van der Waals surface area (Å²) in [5.74, 6) is -0.959. The van der Waals surface area contributed by atoms with Gasteiger partial charge in [-0.15, -0.1) is 0 Å². The maximum Gasteiger partial charge on any atom is 0.323 e. The highest BCUT2D eigenvalue weighted by Gasteiger charge is 2.32. The molecule has 2 amide bonds. The first-order chi connectivity index (χ1) is 9.60. The third-order valence-corrected chi connectivity index (χ3v) is 4.25. The normalized spacial score (nSPS) is 26.1. The fraction of sp³-hybridized carbons (Fsp3) is 0.857. The van der Waals surface area contributed by atoms with Gasteiger partial charge < -0.3 is 20.2 Å². The maximum atomic E-state index is 12.2. The lowest BCUT2D eigenvalue weighted by Gasteiger charge is -2.36. The van der Waals surface area contributed by atoms with Gasteiger partial charge in [-0.3, -0.25) is 4.79 Å². The van der Waals surface area contributed by atoms with Gasteiger partial charge in [0.1, 0.15) is 6.54 Å². The first kappa shape index (κ1) is 15.1. The highest BCUT2D eigenvalue weighted by Crippen LogP contribution is 2.26. The average Bonchev–Trinajstić information content (AvgIpc) is 2.85. The van der Waals surface area contributed by atoms with Gasteiger partial charge in [0.25, 0.3) is 0 Å². The molecule has 114 valence electrons. The Labute approximate surface area is 120 Å². The molecule has 2 rings (SSSR count). The molecule has 0 aromatic carbocycles. The standard InChI is InChI=1S/C14H25N3O3/c1-2-6-17(10-13(18)19)14(20)15-11-5-8-16-7-3-4-12(16)9-11/h11-12H,2-10H2,1H3,(H,15,20)(H,18,19). The van der Waals surface area contributed by atoms with Gasteiger partial charge >= 0.3 is 12.0 Å². The summed E-state index contributed by atoms with van der Waals surface area (Å²) in [6, 6.07) is 0.564. The van der Waals surface area contributed by atoms with Crippen molar-refractivity contribution >= 4 is 12.0 Å². The van der Waals surface area contributed by atoms with E-state index < -0.39 is 5.97 Å². The number of carboxylic acids is 1. The van der Waals surface area contributed by atoms with E-state index in [0.717, 1.165) is 25.8 Å². The number of urea groups is 1. The van der Waals surface area contributed by atoms with Crippen LogP contribution in [0.4, 0.5) is 4.79 Å². The molecule has 6 nitrogen and oxygen atoms in total. The molecule has 0 radical (unpaired) electrons. The van der Waals surface area contributed by atoms with Crippen molar-refractivity contribution in [3.63, 3.8) is 0 Å². The quantitative estimate of drug-likeness (QED) is 0.793. The van der Waals surface area contributed by atoms with Gasteiger partial charge in [-0.05, 0) is 38.6 Å². The zero-order valence-electron chi connectivity index (χ0n) is 12.2. The first-order valence-corrected chi connectivity index (χ1v) is 7.61. The molecule has 2 heterocycles. The molecule has 0 bridgehead atoms. The molecule has 2 unspecified atom stereocenters. The summed E-state index contributed by atoms with van der Waals surface area (Å²) in [6.07, 6.45) is 5.21. The van der Waals surface area contributed by atoms with Crippen LogP contribution in [0.25, 0.3) is 0 Å². The Morgan fingerprint density at radius 2 is 2.15 bits per heavy atom. The number of rotatable bonds is 5. The summed E-state index contributed by atoms with van der Waals surface area (Å²) in [7, 11) is 0. The summed E-state index contributed by atoms with van der Waals surface area (Å²) in [6.45, 7) is 4.44. The maximum absolute atomic E-state index is 12.2. The Kier molecular flexibility index (Phi) is 5.23. The lowest BCUT2D eigenvalue weighted by Crippen LogP contribution is -2.51. The average molecular weight is 283 g/mol. The van der Waals surface area contributed by atoms with E-state index in [2.05, 4.69) is 10.2 Å². The molecule has 2 fully saturated rings. The van der Waals surface area contributed by atoms with Crippen LogP contribution in [0, 0.1) is 0 Å². The third-order valence-electron chi connectivity index (χ3n) is 4.25. The zero-order valence-corrected chi connectivity index (χ0v) is 12.2. The number of hydrogen-bond donors (Lipinski definition) is 2. The molecular weight excluding hydrogens is 258 g/mol. The van der Waals surface area contributed by atoms with E-state index in [4.69, 9.17) is 5.11 Å². The summed E-state index contributed by atoms with van der Waals surface area (Å²) in [5, 5.41) is 11.9. The van der Waals surface area contributed by atoms with Crippen LogP contribution in [0.1, 0.15) is 39.0 Å². The molecule has 2 aliphatic heterocycles. The predicted octanol–water partition coefficient (Wildman–Crippen LogP) is 1.12. The number of fused-ring (bicyclic) bond motifs is 1. The second kappa shape index (κ2) is 6.92. The first-order valence-electron chi connectivity index (χ1n) is 7.61. The number of piperidine rings is 1. The molecule has 2 saturated heterocycles. The van der Waals surface area contributed by atoms with Crippen LogP contribution >= 0.6 is 0 Å². The van der Waals surface area contributed by atoms with E-state index in [1.165, 1.54) is 24.3 Å².